The van der Waals surface area contributed by atoms with Crippen LogP contribution in [-0.4, -0.2) is 34.2 Å². The van der Waals surface area contributed by atoms with Crippen LogP contribution in [0.2, 0.25) is 0 Å². The Morgan fingerprint density at radius 1 is 1.03 bits per heavy atom. The van der Waals surface area contributed by atoms with Gasteiger partial charge in [0.2, 0.25) is 0 Å². The fraction of sp³-hybridized carbons (Fsp3) is 0.542. The van der Waals surface area contributed by atoms with Crippen LogP contribution in [0, 0.1) is 0 Å². The van der Waals surface area contributed by atoms with Crippen LogP contribution in [0.5, 0.6) is 0 Å². The molecule has 0 spiro atoms. The van der Waals surface area contributed by atoms with Gasteiger partial charge in [0.1, 0.15) is 4.32 Å². The number of esters is 1. The molecule has 1 heterocycles. The summed E-state index contributed by atoms with van der Waals surface area (Å²) in [7, 11) is 0. The van der Waals surface area contributed by atoms with Gasteiger partial charge >= 0.3 is 5.97 Å². The van der Waals surface area contributed by atoms with Crippen molar-refractivity contribution in [3.8, 4) is 0 Å². The van der Waals surface area contributed by atoms with Crippen LogP contribution in [0.15, 0.2) is 35.2 Å². The summed E-state index contributed by atoms with van der Waals surface area (Å²) in [6.07, 6.45) is 13.1. The number of ether oxygens (including phenoxy) is 1. The minimum Gasteiger partial charge on any atom is -0.466 e. The second-order valence-corrected chi connectivity index (χ2v) is 9.22. The van der Waals surface area contributed by atoms with Gasteiger partial charge in [0.15, 0.2) is 0 Å². The molecule has 0 aromatic heterocycles. The minimum atomic E-state index is -0.268. The molecule has 0 radical (unpaired) electrons. The molecule has 1 aromatic carbocycles. The monoisotopic (exact) mass is 447 g/mol. The van der Waals surface area contributed by atoms with Crippen LogP contribution in [0.4, 0.5) is 0 Å². The van der Waals surface area contributed by atoms with Gasteiger partial charge in [0.05, 0.1) is 17.9 Å². The third-order valence-electron chi connectivity index (χ3n) is 5.02. The van der Waals surface area contributed by atoms with Gasteiger partial charge in [-0.05, 0) is 18.1 Å². The smallest absolute Gasteiger partial charge is 0.307 e. The molecule has 1 aromatic rings. The molecular weight excluding hydrogens is 414 g/mol. The van der Waals surface area contributed by atoms with E-state index >= 15 is 0 Å². The Balaban J connectivity index is 1.59. The Morgan fingerprint density at radius 2 is 1.67 bits per heavy atom. The lowest BCUT2D eigenvalue weighted by molar-refractivity contribution is -0.144. The number of benzene rings is 1. The van der Waals surface area contributed by atoms with Crippen molar-refractivity contribution < 1.29 is 14.3 Å². The molecule has 0 N–H and O–H groups in total. The van der Waals surface area contributed by atoms with Crippen molar-refractivity contribution >= 4 is 46.3 Å². The van der Waals surface area contributed by atoms with E-state index in [2.05, 4.69) is 6.92 Å². The lowest BCUT2D eigenvalue weighted by atomic mass is 10.1. The number of carbonyl (C=O) groups is 2. The first kappa shape index (κ1) is 24.6. The van der Waals surface area contributed by atoms with Gasteiger partial charge in [-0.3, -0.25) is 14.5 Å². The summed E-state index contributed by atoms with van der Waals surface area (Å²) in [6, 6.07) is 9.67. The van der Waals surface area contributed by atoms with Crippen molar-refractivity contribution in [3.05, 3.63) is 40.8 Å². The van der Waals surface area contributed by atoms with Crippen LogP contribution in [0.1, 0.15) is 76.7 Å². The molecule has 30 heavy (non-hydrogen) atoms. The molecular formula is C24H33NO3S2. The highest BCUT2D eigenvalue weighted by Gasteiger charge is 2.32. The van der Waals surface area contributed by atoms with Crippen LogP contribution < -0.4 is 0 Å². The van der Waals surface area contributed by atoms with Gasteiger partial charge in [0, 0.05) is 6.54 Å². The zero-order chi connectivity index (χ0) is 21.6. The molecule has 164 valence electrons. The largest absolute Gasteiger partial charge is 0.466 e. The number of nitrogens with zero attached hydrogens (tertiary/aromatic N) is 1. The number of amides is 1. The molecule has 0 aliphatic carbocycles. The molecule has 2 rings (SSSR count). The molecule has 1 aliphatic rings. The average Bonchev–Trinajstić information content (AvgIpc) is 3.01. The first-order valence-corrected chi connectivity index (χ1v) is 12.3. The van der Waals surface area contributed by atoms with Gasteiger partial charge in [0.25, 0.3) is 5.91 Å². The third kappa shape index (κ3) is 9.00. The normalized spacial score (nSPS) is 15.2. The van der Waals surface area contributed by atoms with E-state index in [1.807, 2.05) is 36.4 Å². The highest BCUT2D eigenvalue weighted by Crippen LogP contribution is 2.32. The second kappa shape index (κ2) is 14.4. The Labute approximate surface area is 190 Å². The Morgan fingerprint density at radius 3 is 2.33 bits per heavy atom. The predicted octanol–water partition coefficient (Wildman–Crippen LogP) is 6.35. The van der Waals surface area contributed by atoms with E-state index in [-0.39, 0.29) is 24.8 Å². The standard InChI is InChI=1S/C24H33NO3S2/c1-2-3-4-5-6-7-8-9-13-18-28-22(26)16-17-25-23(27)21(30-24(25)29)19-20-14-11-10-12-15-20/h10-12,14-15,19H,2-9,13,16-18H2,1H3/b21-19-. The summed E-state index contributed by atoms with van der Waals surface area (Å²) in [5.41, 5.74) is 0.957. The molecule has 1 fully saturated rings. The van der Waals surface area contributed by atoms with E-state index in [1.165, 1.54) is 61.6 Å². The molecule has 0 saturated carbocycles. The van der Waals surface area contributed by atoms with Crippen LogP contribution in [0.3, 0.4) is 0 Å². The van der Waals surface area contributed by atoms with Gasteiger partial charge in [-0.1, -0.05) is 113 Å². The van der Waals surface area contributed by atoms with Crippen molar-refractivity contribution in [2.24, 2.45) is 0 Å². The number of thioether (sulfide) groups is 1. The Kier molecular flexibility index (Phi) is 11.8. The first-order valence-electron chi connectivity index (χ1n) is 11.1. The molecule has 0 unspecified atom stereocenters. The van der Waals surface area contributed by atoms with E-state index in [4.69, 9.17) is 17.0 Å². The molecule has 6 heteroatoms. The molecule has 1 saturated heterocycles. The van der Waals surface area contributed by atoms with Gasteiger partial charge in [-0.25, -0.2) is 0 Å². The van der Waals surface area contributed by atoms with Crippen LogP contribution >= 0.6 is 24.0 Å². The summed E-state index contributed by atoms with van der Waals surface area (Å²) in [4.78, 5) is 26.7. The molecule has 1 amide bonds. The lowest BCUT2D eigenvalue weighted by Gasteiger charge is -2.13. The average molecular weight is 448 g/mol. The molecule has 1 aliphatic heterocycles. The highest BCUT2D eigenvalue weighted by molar-refractivity contribution is 8.26. The second-order valence-electron chi connectivity index (χ2n) is 7.54. The number of unbranched alkanes of at least 4 members (excludes halogenated alkanes) is 8. The van der Waals surface area contributed by atoms with Crippen molar-refractivity contribution in [1.29, 1.82) is 0 Å². The van der Waals surface area contributed by atoms with Gasteiger partial charge in [-0.2, -0.15) is 0 Å². The fourth-order valence-electron chi connectivity index (χ4n) is 3.27. The van der Waals surface area contributed by atoms with Crippen molar-refractivity contribution in [3.63, 3.8) is 0 Å². The first-order chi connectivity index (χ1) is 14.6. The van der Waals surface area contributed by atoms with Gasteiger partial charge < -0.3 is 4.74 Å². The zero-order valence-electron chi connectivity index (χ0n) is 17.9. The van der Waals surface area contributed by atoms with Crippen LogP contribution in [-0.2, 0) is 14.3 Å². The summed E-state index contributed by atoms with van der Waals surface area (Å²) >= 11 is 6.60. The zero-order valence-corrected chi connectivity index (χ0v) is 19.6. The lowest BCUT2D eigenvalue weighted by Crippen LogP contribution is -2.30. The van der Waals surface area contributed by atoms with E-state index < -0.39 is 0 Å². The summed E-state index contributed by atoms with van der Waals surface area (Å²) < 4.78 is 5.81. The third-order valence-corrected chi connectivity index (χ3v) is 6.40. The molecule has 0 bridgehead atoms. The van der Waals surface area contributed by atoms with E-state index in [9.17, 15) is 9.59 Å². The topological polar surface area (TPSA) is 46.6 Å². The Bertz CT molecular complexity index is 718. The maximum Gasteiger partial charge on any atom is 0.307 e. The Hall–Kier alpha value is -1.66. The number of rotatable bonds is 14. The van der Waals surface area contributed by atoms with Crippen molar-refractivity contribution in [2.45, 2.75) is 71.1 Å². The summed E-state index contributed by atoms with van der Waals surface area (Å²) in [5.74, 6) is -0.406. The van der Waals surface area contributed by atoms with Gasteiger partial charge in [-0.15, -0.1) is 0 Å². The van der Waals surface area contributed by atoms with E-state index in [0.29, 0.717) is 15.8 Å². The van der Waals surface area contributed by atoms with E-state index in [1.54, 1.807) is 0 Å². The minimum absolute atomic E-state index is 0.138. The van der Waals surface area contributed by atoms with E-state index in [0.717, 1.165) is 18.4 Å². The SMILES string of the molecule is CCCCCCCCCCCOC(=O)CCN1C(=O)/C(=C/c2ccccc2)SC1=S. The maximum atomic E-state index is 12.6. The van der Waals surface area contributed by atoms with Crippen molar-refractivity contribution in [2.75, 3.05) is 13.2 Å². The predicted molar refractivity (Wildman–Crippen MR) is 129 cm³/mol. The molecule has 4 nitrogen and oxygen atoms in total. The number of hydrogen-bond donors (Lipinski definition) is 0. The van der Waals surface area contributed by atoms with Crippen LogP contribution in [0.25, 0.3) is 6.08 Å². The summed E-state index contributed by atoms with van der Waals surface area (Å²) in [6.45, 7) is 2.96. The number of carbonyl (C=O) groups excluding carboxylic acids is 2. The fourth-order valence-corrected chi connectivity index (χ4v) is 4.58. The number of hydrogen-bond acceptors (Lipinski definition) is 5. The summed E-state index contributed by atoms with van der Waals surface area (Å²) in [5, 5.41) is 0. The highest BCUT2D eigenvalue weighted by atomic mass is 32.2. The van der Waals surface area contributed by atoms with Crippen molar-refractivity contribution in [1.82, 2.24) is 4.90 Å². The quantitative estimate of drug-likeness (QED) is 0.144. The number of thiocarbonyl (C=S) groups is 1. The maximum absolute atomic E-state index is 12.6. The molecule has 0 atom stereocenters.